The van der Waals surface area contributed by atoms with E-state index in [9.17, 15) is 4.79 Å². The van der Waals surface area contributed by atoms with E-state index in [1.165, 1.54) is 5.57 Å². The summed E-state index contributed by atoms with van der Waals surface area (Å²) >= 11 is 0. The molecule has 6 atom stereocenters. The van der Waals surface area contributed by atoms with Gasteiger partial charge in [0.1, 0.15) is 5.60 Å². The highest BCUT2D eigenvalue weighted by molar-refractivity contribution is 5.82. The van der Waals surface area contributed by atoms with Crippen LogP contribution in [0, 0.1) is 40.9 Å². The number of hydrogen-bond donors (Lipinski definition) is 0. The van der Waals surface area contributed by atoms with Crippen LogP contribution in [0.15, 0.2) is 24.3 Å². The Morgan fingerprint density at radius 1 is 1.24 bits per heavy atom. The zero-order valence-corrected chi connectivity index (χ0v) is 16.3. The fraction of sp³-hybridized carbons (Fsp3) is 0.696. The minimum absolute atomic E-state index is 0.0539. The maximum atomic E-state index is 13.2. The Morgan fingerprint density at radius 3 is 2.60 bits per heavy atom. The second-order valence-electron chi connectivity index (χ2n) is 8.96. The molecule has 0 N–H and O–H groups in total. The van der Waals surface area contributed by atoms with Crippen LogP contribution in [0.25, 0.3) is 0 Å². The highest BCUT2D eigenvalue weighted by Gasteiger charge is 2.71. The fourth-order valence-electron chi connectivity index (χ4n) is 6.02. The molecule has 0 aromatic carbocycles. The van der Waals surface area contributed by atoms with Crippen LogP contribution in [-0.2, 0) is 9.53 Å². The largest absolute Gasteiger partial charge is 0.457 e. The molecule has 0 radical (unpaired) electrons. The van der Waals surface area contributed by atoms with E-state index in [1.807, 2.05) is 6.92 Å². The van der Waals surface area contributed by atoms with Gasteiger partial charge in [-0.2, -0.15) is 0 Å². The van der Waals surface area contributed by atoms with E-state index < -0.39 is 5.60 Å². The van der Waals surface area contributed by atoms with Gasteiger partial charge in [0.05, 0.1) is 5.41 Å². The molecule has 1 saturated heterocycles. The van der Waals surface area contributed by atoms with Crippen molar-refractivity contribution in [2.45, 2.75) is 71.8 Å². The van der Waals surface area contributed by atoms with Gasteiger partial charge in [-0.25, -0.2) is 0 Å². The smallest absolute Gasteiger partial charge is 0.313 e. The summed E-state index contributed by atoms with van der Waals surface area (Å²) in [5.74, 6) is 8.04. The van der Waals surface area contributed by atoms with Crippen LogP contribution >= 0.6 is 0 Å². The maximum Gasteiger partial charge on any atom is 0.313 e. The lowest BCUT2D eigenvalue weighted by atomic mass is 9.64. The Balaban J connectivity index is 2.11. The molecule has 0 aromatic heterocycles. The van der Waals surface area contributed by atoms with Crippen molar-refractivity contribution in [3.63, 3.8) is 0 Å². The highest BCUT2D eigenvalue weighted by Crippen LogP contribution is 2.67. The molecule has 25 heavy (non-hydrogen) atoms. The van der Waals surface area contributed by atoms with Crippen LogP contribution in [0.3, 0.4) is 0 Å². The Morgan fingerprint density at radius 2 is 1.96 bits per heavy atom. The van der Waals surface area contributed by atoms with Gasteiger partial charge in [-0.1, -0.05) is 37.8 Å². The van der Waals surface area contributed by atoms with E-state index in [-0.39, 0.29) is 11.4 Å². The summed E-state index contributed by atoms with van der Waals surface area (Å²) in [6.07, 6.45) is 5.84. The van der Waals surface area contributed by atoms with Gasteiger partial charge < -0.3 is 4.74 Å². The quantitative estimate of drug-likeness (QED) is 0.396. The molecule has 0 amide bonds. The summed E-state index contributed by atoms with van der Waals surface area (Å²) in [6.45, 7) is 16.6. The summed E-state index contributed by atoms with van der Waals surface area (Å²) in [6, 6.07) is 0. The molecule has 0 aromatic rings. The third-order valence-electron chi connectivity index (χ3n) is 7.20. The summed E-state index contributed by atoms with van der Waals surface area (Å²) in [5, 5.41) is 0. The van der Waals surface area contributed by atoms with Crippen molar-refractivity contribution in [2.75, 3.05) is 0 Å². The minimum atomic E-state index is -0.445. The predicted molar refractivity (Wildman–Crippen MR) is 102 cm³/mol. The molecular formula is C23H32O2. The number of rotatable bonds is 3. The van der Waals surface area contributed by atoms with Crippen LogP contribution in [0.1, 0.15) is 66.2 Å². The topological polar surface area (TPSA) is 26.3 Å². The second-order valence-corrected chi connectivity index (χ2v) is 8.96. The summed E-state index contributed by atoms with van der Waals surface area (Å²) in [5.41, 5.74) is 1.32. The van der Waals surface area contributed by atoms with Gasteiger partial charge >= 0.3 is 5.97 Å². The molecule has 2 nitrogen and oxygen atoms in total. The predicted octanol–water partition coefficient (Wildman–Crippen LogP) is 5.30. The van der Waals surface area contributed by atoms with E-state index in [0.717, 1.165) is 37.7 Å². The van der Waals surface area contributed by atoms with Crippen LogP contribution < -0.4 is 0 Å². The molecular weight excluding hydrogens is 308 g/mol. The zero-order chi connectivity index (χ0) is 18.4. The van der Waals surface area contributed by atoms with Crippen LogP contribution in [-0.4, -0.2) is 11.6 Å². The lowest BCUT2D eigenvalue weighted by Gasteiger charge is -2.41. The van der Waals surface area contributed by atoms with Crippen molar-refractivity contribution >= 4 is 5.97 Å². The van der Waals surface area contributed by atoms with Crippen molar-refractivity contribution < 1.29 is 9.53 Å². The van der Waals surface area contributed by atoms with E-state index in [2.05, 4.69) is 45.8 Å². The van der Waals surface area contributed by atoms with Gasteiger partial charge in [0.25, 0.3) is 0 Å². The fourth-order valence-corrected chi connectivity index (χ4v) is 6.02. The summed E-state index contributed by atoms with van der Waals surface area (Å²) < 4.78 is 6.33. The second kappa shape index (κ2) is 6.35. The normalized spacial score (nSPS) is 42.0. The molecule has 3 rings (SSSR count). The molecule has 3 fully saturated rings. The Hall–Kier alpha value is -1.49. The van der Waals surface area contributed by atoms with E-state index in [4.69, 9.17) is 4.74 Å². The van der Waals surface area contributed by atoms with Gasteiger partial charge in [0.15, 0.2) is 0 Å². The lowest BCUT2D eigenvalue weighted by Crippen LogP contribution is -2.46. The molecule has 1 unspecified atom stereocenters. The first kappa shape index (κ1) is 18.3. The Bertz CT molecular complexity index is 663. The van der Waals surface area contributed by atoms with Gasteiger partial charge in [-0.3, -0.25) is 4.79 Å². The molecule has 2 bridgehead atoms. The summed E-state index contributed by atoms with van der Waals surface area (Å²) in [4.78, 5) is 13.2. The number of hydrogen-bond acceptors (Lipinski definition) is 2. The van der Waals surface area contributed by atoms with Crippen LogP contribution in [0.4, 0.5) is 0 Å². The van der Waals surface area contributed by atoms with Crippen LogP contribution in [0.2, 0.25) is 0 Å². The first-order chi connectivity index (χ1) is 11.7. The Kier molecular flexibility index (Phi) is 4.65. The average Bonchev–Trinajstić information content (AvgIpc) is 2.94. The molecule has 2 heteroatoms. The number of carbonyl (C=O) groups is 1. The van der Waals surface area contributed by atoms with Gasteiger partial charge in [0.2, 0.25) is 0 Å². The molecule has 1 aliphatic heterocycles. The van der Waals surface area contributed by atoms with Crippen molar-refractivity contribution in [1.29, 1.82) is 0 Å². The highest BCUT2D eigenvalue weighted by atomic mass is 16.6. The van der Waals surface area contributed by atoms with Gasteiger partial charge in [-0.05, 0) is 63.4 Å². The number of carbonyl (C=O) groups excluding carboxylic acids is 1. The maximum absolute atomic E-state index is 13.2. The minimum Gasteiger partial charge on any atom is -0.457 e. The molecule has 1 heterocycles. The van der Waals surface area contributed by atoms with E-state index >= 15 is 0 Å². The molecule has 2 aliphatic carbocycles. The third-order valence-corrected chi connectivity index (χ3v) is 7.20. The van der Waals surface area contributed by atoms with Crippen molar-refractivity contribution in [3.05, 3.63) is 24.3 Å². The number of ether oxygens (including phenoxy) is 1. The van der Waals surface area contributed by atoms with Crippen molar-refractivity contribution in [1.82, 2.24) is 0 Å². The molecule has 3 aliphatic rings. The molecule has 0 spiro atoms. The monoisotopic (exact) mass is 340 g/mol. The third kappa shape index (κ3) is 2.67. The number of esters is 1. The first-order valence-corrected chi connectivity index (χ1v) is 9.76. The van der Waals surface area contributed by atoms with Crippen molar-refractivity contribution in [3.8, 4) is 11.8 Å². The average molecular weight is 341 g/mol. The van der Waals surface area contributed by atoms with E-state index in [1.54, 1.807) is 0 Å². The SMILES string of the molecule is C=C(C)C#CCC12OC(=O)[C@]3(CC[C@@H](C)[C@@H]1CC(=C)C)[C@H](C)CC[C@H]23. The van der Waals surface area contributed by atoms with Crippen molar-refractivity contribution in [2.24, 2.45) is 29.1 Å². The summed E-state index contributed by atoms with van der Waals surface area (Å²) in [7, 11) is 0. The number of allylic oxidation sites excluding steroid dienone is 2. The lowest BCUT2D eigenvalue weighted by molar-refractivity contribution is -0.164. The standard InChI is InChI=1S/C23H32O2/c1-15(2)8-7-12-23-19(14-16(3)4)17(5)11-13-22(21(24)25-23)18(6)9-10-20(22)23/h17-20H,1,3,9-14H2,2,4-6H3/t17-,18-,19+,20+,22-,23?/m1/s1. The van der Waals surface area contributed by atoms with Gasteiger partial charge in [-0.15, -0.1) is 6.58 Å². The molecule has 136 valence electrons. The van der Waals surface area contributed by atoms with Gasteiger partial charge in [0, 0.05) is 18.3 Å². The van der Waals surface area contributed by atoms with Crippen LogP contribution in [0.5, 0.6) is 0 Å². The first-order valence-electron chi connectivity index (χ1n) is 9.76. The molecule has 2 saturated carbocycles. The Labute approximate surface area is 153 Å². The van der Waals surface area contributed by atoms with E-state index in [0.29, 0.717) is 30.1 Å². The zero-order valence-electron chi connectivity index (χ0n) is 16.3.